The number of phenols is 1. The zero-order chi connectivity index (χ0) is 25.8. The Balaban J connectivity index is 2.01. The van der Waals surface area contributed by atoms with Crippen LogP contribution in [0, 0.1) is 0 Å². The van der Waals surface area contributed by atoms with E-state index in [1.807, 2.05) is 12.1 Å². The maximum atomic E-state index is 14.2. The minimum atomic E-state index is -4.68. The lowest BCUT2D eigenvalue weighted by molar-refractivity contribution is -0.106. The van der Waals surface area contributed by atoms with Gasteiger partial charge in [-0.25, -0.2) is 0 Å². The van der Waals surface area contributed by atoms with Gasteiger partial charge in [0.15, 0.2) is 0 Å². The van der Waals surface area contributed by atoms with E-state index >= 15 is 0 Å². The van der Waals surface area contributed by atoms with Crippen molar-refractivity contribution in [1.29, 1.82) is 0 Å². The van der Waals surface area contributed by atoms with Crippen LogP contribution in [0.4, 0.5) is 13.2 Å². The number of aromatic hydroxyl groups is 1. The van der Waals surface area contributed by atoms with E-state index in [0.29, 0.717) is 16.5 Å². The Hall–Kier alpha value is -3.58. The number of rotatable bonds is 8. The van der Waals surface area contributed by atoms with Gasteiger partial charge in [0.2, 0.25) is 0 Å². The van der Waals surface area contributed by atoms with Gasteiger partial charge in [0.25, 0.3) is 0 Å². The van der Waals surface area contributed by atoms with Crippen LogP contribution in [0.1, 0.15) is 16.7 Å². The zero-order valence-corrected chi connectivity index (χ0v) is 20.2. The summed E-state index contributed by atoms with van der Waals surface area (Å²) >= 11 is 5.89. The van der Waals surface area contributed by atoms with Crippen LogP contribution < -0.4 is 9.47 Å². The average Bonchev–Trinajstić information content (AvgIpc) is 2.80. The molecule has 0 saturated heterocycles. The number of phenolic OH excluding ortho intramolecular Hbond substituents is 1. The lowest BCUT2D eigenvalue weighted by atomic mass is 9.90. The highest BCUT2D eigenvalue weighted by molar-refractivity contribution is 6.30. The van der Waals surface area contributed by atoms with Crippen molar-refractivity contribution < 1.29 is 27.8 Å². The van der Waals surface area contributed by atoms with E-state index in [1.54, 1.807) is 36.4 Å². The Kier molecular flexibility index (Phi) is 8.02. The van der Waals surface area contributed by atoms with Crippen molar-refractivity contribution in [2.75, 3.05) is 21.2 Å². The molecule has 0 aromatic heterocycles. The lowest BCUT2D eigenvalue weighted by Gasteiger charge is -2.26. The topological polar surface area (TPSA) is 41.9 Å². The number of ether oxygens (including phenoxy) is 2. The SMILES string of the molecule is C=C(/C(=C(\N(C)C)C(F)(F)F)c1cccc(OC)c1)c1ccc(OCc2ccc(Cl)cc2)cc1O. The van der Waals surface area contributed by atoms with E-state index in [2.05, 4.69) is 6.58 Å². The molecule has 0 amide bonds. The molecule has 0 unspecified atom stereocenters. The molecule has 3 aromatic rings. The Bertz CT molecular complexity index is 1240. The quantitative estimate of drug-likeness (QED) is 0.330. The number of methoxy groups -OCH3 is 1. The summed E-state index contributed by atoms with van der Waals surface area (Å²) in [7, 11) is 4.05. The maximum absolute atomic E-state index is 14.2. The molecule has 0 heterocycles. The van der Waals surface area contributed by atoms with Gasteiger partial charge in [0.05, 0.1) is 7.11 Å². The van der Waals surface area contributed by atoms with Gasteiger partial charge in [0.1, 0.15) is 29.6 Å². The highest BCUT2D eigenvalue weighted by Gasteiger charge is 2.39. The number of halogens is 4. The number of allylic oxidation sites excluding steroid dienone is 3. The number of hydrogen-bond donors (Lipinski definition) is 1. The third kappa shape index (κ3) is 6.31. The standard InChI is InChI=1S/C27H25ClF3NO3/c1-17(23-13-12-22(15-24(23)33)35-16-18-8-10-20(28)11-9-18)25(26(32(2)3)27(29,30)31)19-6-5-7-21(14-19)34-4/h5-15,33H,1,16H2,2-4H3/b26-25+. The van der Waals surface area contributed by atoms with E-state index in [0.717, 1.165) is 10.5 Å². The molecular weight excluding hydrogens is 479 g/mol. The fourth-order valence-corrected chi connectivity index (χ4v) is 3.72. The van der Waals surface area contributed by atoms with Gasteiger partial charge in [-0.1, -0.05) is 42.4 Å². The largest absolute Gasteiger partial charge is 0.507 e. The van der Waals surface area contributed by atoms with Crippen LogP contribution in [-0.2, 0) is 6.61 Å². The summed E-state index contributed by atoms with van der Waals surface area (Å²) in [5, 5.41) is 11.3. The van der Waals surface area contributed by atoms with E-state index in [1.165, 1.54) is 39.4 Å². The predicted octanol–water partition coefficient (Wildman–Crippen LogP) is 7.18. The van der Waals surface area contributed by atoms with E-state index in [9.17, 15) is 18.3 Å². The smallest absolute Gasteiger partial charge is 0.431 e. The van der Waals surface area contributed by atoms with Crippen LogP contribution in [0.3, 0.4) is 0 Å². The first kappa shape index (κ1) is 26.0. The summed E-state index contributed by atoms with van der Waals surface area (Å²) in [5.41, 5.74) is 0.181. The predicted molar refractivity (Wildman–Crippen MR) is 133 cm³/mol. The molecular formula is C27H25ClF3NO3. The van der Waals surface area contributed by atoms with E-state index < -0.39 is 11.9 Å². The second kappa shape index (κ2) is 10.8. The zero-order valence-electron chi connectivity index (χ0n) is 19.5. The first-order chi connectivity index (χ1) is 16.5. The molecule has 0 aliphatic rings. The average molecular weight is 504 g/mol. The fourth-order valence-electron chi connectivity index (χ4n) is 3.59. The molecule has 3 rings (SSSR count). The molecule has 0 spiro atoms. The second-order valence-corrected chi connectivity index (χ2v) is 8.36. The minimum Gasteiger partial charge on any atom is -0.507 e. The van der Waals surface area contributed by atoms with Gasteiger partial charge in [0, 0.05) is 36.3 Å². The van der Waals surface area contributed by atoms with Crippen LogP contribution in [0.2, 0.25) is 5.02 Å². The van der Waals surface area contributed by atoms with Gasteiger partial charge >= 0.3 is 6.18 Å². The van der Waals surface area contributed by atoms with Crippen molar-refractivity contribution in [3.8, 4) is 17.2 Å². The van der Waals surface area contributed by atoms with Crippen molar-refractivity contribution in [2.24, 2.45) is 0 Å². The third-order valence-corrected chi connectivity index (χ3v) is 5.48. The Morgan fingerprint density at radius 1 is 1.00 bits per heavy atom. The highest BCUT2D eigenvalue weighted by atomic mass is 35.5. The molecule has 0 fully saturated rings. The third-order valence-electron chi connectivity index (χ3n) is 5.23. The summed E-state index contributed by atoms with van der Waals surface area (Å²) in [6.45, 7) is 4.15. The summed E-state index contributed by atoms with van der Waals surface area (Å²) in [6, 6.07) is 17.8. The number of hydrogen-bond acceptors (Lipinski definition) is 4. The summed E-state index contributed by atoms with van der Waals surface area (Å²) in [5.74, 6) is 0.483. The minimum absolute atomic E-state index is 0.000953. The molecule has 0 aliphatic heterocycles. The van der Waals surface area contributed by atoms with Crippen molar-refractivity contribution in [1.82, 2.24) is 4.90 Å². The number of alkyl halides is 3. The molecule has 3 aromatic carbocycles. The second-order valence-electron chi connectivity index (χ2n) is 7.92. The Labute approximate surface area is 207 Å². The van der Waals surface area contributed by atoms with Crippen LogP contribution >= 0.6 is 11.6 Å². The lowest BCUT2D eigenvalue weighted by Crippen LogP contribution is -2.27. The first-order valence-electron chi connectivity index (χ1n) is 10.5. The number of benzene rings is 3. The van der Waals surface area contributed by atoms with Crippen LogP contribution in [0.5, 0.6) is 17.2 Å². The Morgan fingerprint density at radius 2 is 1.69 bits per heavy atom. The molecule has 0 atom stereocenters. The summed E-state index contributed by atoms with van der Waals surface area (Å²) in [6.07, 6.45) is -4.68. The van der Waals surface area contributed by atoms with Crippen molar-refractivity contribution >= 4 is 22.7 Å². The van der Waals surface area contributed by atoms with Gasteiger partial charge in [-0.15, -0.1) is 0 Å². The van der Waals surface area contributed by atoms with Crippen LogP contribution in [0.25, 0.3) is 11.1 Å². The van der Waals surface area contributed by atoms with E-state index in [-0.39, 0.29) is 34.6 Å². The van der Waals surface area contributed by atoms with Gasteiger partial charge in [-0.3, -0.25) is 0 Å². The normalized spacial score (nSPS) is 12.1. The van der Waals surface area contributed by atoms with Crippen molar-refractivity contribution in [2.45, 2.75) is 12.8 Å². The molecule has 0 bridgehead atoms. The van der Waals surface area contributed by atoms with Crippen LogP contribution in [0.15, 0.2) is 79.0 Å². The van der Waals surface area contributed by atoms with E-state index in [4.69, 9.17) is 21.1 Å². The molecule has 4 nitrogen and oxygen atoms in total. The molecule has 184 valence electrons. The summed E-state index contributed by atoms with van der Waals surface area (Å²) < 4.78 is 53.4. The van der Waals surface area contributed by atoms with Crippen LogP contribution in [-0.4, -0.2) is 37.4 Å². The van der Waals surface area contributed by atoms with Crippen molar-refractivity contribution in [3.63, 3.8) is 0 Å². The van der Waals surface area contributed by atoms with Crippen molar-refractivity contribution in [3.05, 3.63) is 101 Å². The highest BCUT2D eigenvalue weighted by Crippen LogP contribution is 2.43. The number of nitrogens with zero attached hydrogens (tertiary/aromatic N) is 1. The van der Waals surface area contributed by atoms with Gasteiger partial charge in [-0.05, 0) is 53.1 Å². The molecule has 0 aliphatic carbocycles. The van der Waals surface area contributed by atoms with Gasteiger partial charge < -0.3 is 19.5 Å². The fraction of sp³-hybridized carbons (Fsp3) is 0.185. The monoisotopic (exact) mass is 503 g/mol. The molecule has 8 heteroatoms. The Morgan fingerprint density at radius 3 is 2.26 bits per heavy atom. The maximum Gasteiger partial charge on any atom is 0.431 e. The molecule has 1 N–H and O–H groups in total. The van der Waals surface area contributed by atoms with Gasteiger partial charge in [-0.2, -0.15) is 13.2 Å². The molecule has 0 radical (unpaired) electrons. The molecule has 0 saturated carbocycles. The molecule has 35 heavy (non-hydrogen) atoms. The summed E-state index contributed by atoms with van der Waals surface area (Å²) in [4.78, 5) is 0.987. The first-order valence-corrected chi connectivity index (χ1v) is 10.9.